The van der Waals surface area contributed by atoms with Crippen molar-refractivity contribution in [3.63, 3.8) is 0 Å². The number of hydrogen-bond acceptors (Lipinski definition) is 2. The molecule has 0 fully saturated rings. The van der Waals surface area contributed by atoms with E-state index in [0.717, 1.165) is 5.56 Å². The summed E-state index contributed by atoms with van der Waals surface area (Å²) in [6, 6.07) is 7.46. The number of hydrogen-bond donors (Lipinski definition) is 0. The van der Waals surface area contributed by atoms with E-state index < -0.39 is 0 Å². The van der Waals surface area contributed by atoms with Crippen molar-refractivity contribution in [3.8, 4) is 18.3 Å². The third-order valence-corrected chi connectivity index (χ3v) is 1.27. The van der Waals surface area contributed by atoms with Gasteiger partial charge in [-0.25, -0.2) is 4.89 Å². The van der Waals surface area contributed by atoms with E-state index in [4.69, 9.17) is 11.3 Å². The Kier molecular flexibility index (Phi) is 2.40. The van der Waals surface area contributed by atoms with E-state index in [1.54, 1.807) is 6.07 Å². The second-order valence-corrected chi connectivity index (χ2v) is 2.05. The van der Waals surface area contributed by atoms with Crippen LogP contribution in [0.15, 0.2) is 24.3 Å². The lowest BCUT2D eigenvalue weighted by molar-refractivity contribution is -0.134. The lowest BCUT2D eigenvalue weighted by Gasteiger charge is -2.01. The molecular formula is C9H8O2. The van der Waals surface area contributed by atoms with Crippen LogP contribution in [0.25, 0.3) is 0 Å². The first-order valence-corrected chi connectivity index (χ1v) is 3.19. The Morgan fingerprint density at radius 2 is 2.09 bits per heavy atom. The van der Waals surface area contributed by atoms with Crippen molar-refractivity contribution in [3.05, 3.63) is 29.8 Å². The molecule has 2 heteroatoms. The van der Waals surface area contributed by atoms with Gasteiger partial charge in [0.25, 0.3) is 0 Å². The monoisotopic (exact) mass is 148 g/mol. The minimum absolute atomic E-state index is 0.644. The lowest BCUT2D eigenvalue weighted by atomic mass is 10.2. The minimum atomic E-state index is 0.644. The molecular weight excluding hydrogens is 140 g/mol. The van der Waals surface area contributed by atoms with Crippen LogP contribution >= 0.6 is 0 Å². The largest absolute Gasteiger partial charge is 0.281 e. The third kappa shape index (κ3) is 1.91. The van der Waals surface area contributed by atoms with Crippen molar-refractivity contribution >= 4 is 0 Å². The van der Waals surface area contributed by atoms with E-state index in [-0.39, 0.29) is 0 Å². The summed E-state index contributed by atoms with van der Waals surface area (Å²) in [7, 11) is 0. The highest BCUT2D eigenvalue weighted by Gasteiger charge is 1.96. The van der Waals surface area contributed by atoms with Crippen molar-refractivity contribution in [1.29, 1.82) is 0 Å². The smallest absolute Gasteiger partial charge is 0.182 e. The van der Waals surface area contributed by atoms with Gasteiger partial charge < -0.3 is 0 Å². The van der Waals surface area contributed by atoms with E-state index in [1.807, 2.05) is 31.2 Å². The van der Waals surface area contributed by atoms with Gasteiger partial charge in [0.2, 0.25) is 0 Å². The van der Waals surface area contributed by atoms with Crippen molar-refractivity contribution in [2.75, 3.05) is 0 Å². The van der Waals surface area contributed by atoms with Crippen LogP contribution in [-0.2, 0) is 4.89 Å². The van der Waals surface area contributed by atoms with Crippen LogP contribution in [0.4, 0.5) is 0 Å². The highest BCUT2D eigenvalue weighted by atomic mass is 17.2. The van der Waals surface area contributed by atoms with E-state index in [9.17, 15) is 0 Å². The Balaban J connectivity index is 2.71. The van der Waals surface area contributed by atoms with E-state index in [0.29, 0.717) is 5.75 Å². The molecule has 1 aromatic rings. The number of terminal acetylenes is 1. The molecule has 0 N–H and O–H groups in total. The van der Waals surface area contributed by atoms with Crippen LogP contribution in [0.2, 0.25) is 0 Å². The Hall–Kier alpha value is -1.62. The molecule has 0 saturated heterocycles. The molecule has 11 heavy (non-hydrogen) atoms. The Morgan fingerprint density at radius 3 is 2.73 bits per heavy atom. The fraction of sp³-hybridized carbons (Fsp3) is 0.111. The van der Waals surface area contributed by atoms with Gasteiger partial charge in [-0.1, -0.05) is 24.6 Å². The van der Waals surface area contributed by atoms with Crippen LogP contribution in [-0.4, -0.2) is 0 Å². The normalized spacial score (nSPS) is 8.36. The molecule has 0 aromatic heterocycles. The first-order chi connectivity index (χ1) is 5.34. The van der Waals surface area contributed by atoms with Gasteiger partial charge in [0, 0.05) is 0 Å². The maximum Gasteiger partial charge on any atom is 0.182 e. The highest BCUT2D eigenvalue weighted by Crippen LogP contribution is 2.15. The van der Waals surface area contributed by atoms with Gasteiger partial charge in [0.15, 0.2) is 11.9 Å². The molecule has 0 aliphatic carbocycles. The second kappa shape index (κ2) is 3.52. The zero-order valence-corrected chi connectivity index (χ0v) is 6.20. The van der Waals surface area contributed by atoms with Gasteiger partial charge in [-0.3, -0.25) is 4.89 Å². The summed E-state index contributed by atoms with van der Waals surface area (Å²) in [5.41, 5.74) is 0.989. The molecule has 0 radical (unpaired) electrons. The molecule has 1 aromatic carbocycles. The highest BCUT2D eigenvalue weighted by molar-refractivity contribution is 5.31. The molecule has 1 rings (SSSR count). The molecule has 0 aliphatic heterocycles. The number of aryl methyl sites for hydroxylation is 1. The molecule has 0 saturated carbocycles. The average Bonchev–Trinajstić information content (AvgIpc) is 2.03. The van der Waals surface area contributed by atoms with Gasteiger partial charge >= 0.3 is 0 Å². The van der Waals surface area contributed by atoms with Crippen LogP contribution in [0.1, 0.15) is 5.56 Å². The van der Waals surface area contributed by atoms with Crippen LogP contribution < -0.4 is 4.89 Å². The number of benzene rings is 1. The summed E-state index contributed by atoms with van der Waals surface area (Å²) in [6.07, 6.45) is 6.75. The van der Waals surface area contributed by atoms with E-state index in [2.05, 4.69) is 4.89 Å². The van der Waals surface area contributed by atoms with Crippen molar-refractivity contribution in [2.45, 2.75) is 6.92 Å². The minimum Gasteiger partial charge on any atom is -0.281 e. The predicted octanol–water partition coefficient (Wildman–Crippen LogP) is 1.90. The Labute approximate surface area is 65.7 Å². The first-order valence-electron chi connectivity index (χ1n) is 3.19. The van der Waals surface area contributed by atoms with Gasteiger partial charge in [0.05, 0.1) is 0 Å². The maximum atomic E-state index is 4.83. The first kappa shape index (κ1) is 7.49. The molecule has 0 unspecified atom stereocenters. The van der Waals surface area contributed by atoms with E-state index >= 15 is 0 Å². The quantitative estimate of drug-likeness (QED) is 0.362. The van der Waals surface area contributed by atoms with Gasteiger partial charge in [-0.15, -0.1) is 0 Å². The summed E-state index contributed by atoms with van der Waals surface area (Å²) in [6.45, 7) is 1.91. The topological polar surface area (TPSA) is 18.5 Å². The SMILES string of the molecule is C#COOc1ccccc1C. The van der Waals surface area contributed by atoms with Gasteiger partial charge in [-0.05, 0) is 18.6 Å². The molecule has 0 aliphatic rings. The average molecular weight is 148 g/mol. The summed E-state index contributed by atoms with van der Waals surface area (Å²) in [4.78, 5) is 9.08. The molecule has 0 bridgehead atoms. The van der Waals surface area contributed by atoms with Crippen molar-refractivity contribution in [2.24, 2.45) is 0 Å². The molecule has 0 atom stereocenters. The van der Waals surface area contributed by atoms with Crippen molar-refractivity contribution in [1.82, 2.24) is 0 Å². The second-order valence-electron chi connectivity index (χ2n) is 2.05. The lowest BCUT2D eigenvalue weighted by Crippen LogP contribution is -1.91. The standard InChI is InChI=1S/C9H8O2/c1-3-10-11-9-7-5-4-6-8(9)2/h1,4-7H,2H3. The zero-order chi connectivity index (χ0) is 8.10. The van der Waals surface area contributed by atoms with E-state index in [1.165, 1.54) is 0 Å². The number of rotatable bonds is 2. The molecule has 56 valence electrons. The summed E-state index contributed by atoms with van der Waals surface area (Å²) < 4.78 is 0. The molecule has 0 amide bonds. The summed E-state index contributed by atoms with van der Waals surface area (Å²) in [5, 5.41) is 0. The predicted molar refractivity (Wildman–Crippen MR) is 41.7 cm³/mol. The fourth-order valence-electron chi connectivity index (χ4n) is 0.719. The van der Waals surface area contributed by atoms with Crippen molar-refractivity contribution < 1.29 is 9.78 Å². The number of para-hydroxylation sites is 1. The molecule has 0 heterocycles. The van der Waals surface area contributed by atoms with Gasteiger partial charge in [-0.2, -0.15) is 0 Å². The third-order valence-electron chi connectivity index (χ3n) is 1.27. The summed E-state index contributed by atoms with van der Waals surface area (Å²) in [5.74, 6) is 0.644. The Morgan fingerprint density at radius 1 is 1.36 bits per heavy atom. The Bertz CT molecular complexity index is 273. The molecule has 2 nitrogen and oxygen atoms in total. The maximum absolute atomic E-state index is 4.83. The van der Waals surface area contributed by atoms with Crippen LogP contribution in [0.5, 0.6) is 5.75 Å². The fourth-order valence-corrected chi connectivity index (χ4v) is 0.719. The van der Waals surface area contributed by atoms with Crippen LogP contribution in [0, 0.1) is 19.5 Å². The summed E-state index contributed by atoms with van der Waals surface area (Å²) >= 11 is 0. The molecule has 0 spiro atoms. The zero-order valence-electron chi connectivity index (χ0n) is 6.20. The van der Waals surface area contributed by atoms with Gasteiger partial charge in [0.1, 0.15) is 0 Å². The van der Waals surface area contributed by atoms with Crippen LogP contribution in [0.3, 0.4) is 0 Å².